The number of hydrogen-bond acceptors (Lipinski definition) is 0. The Labute approximate surface area is 189 Å². The number of rotatable bonds is 3. The molecule has 0 aliphatic heterocycles. The predicted octanol–water partition coefficient (Wildman–Crippen LogP) is 7.41. The summed E-state index contributed by atoms with van der Waals surface area (Å²) in [6.07, 6.45) is 2.29. The first-order chi connectivity index (χ1) is 14.7. The minimum Gasteiger partial charge on any atom is -0.200 e. The van der Waals surface area contributed by atoms with Crippen LogP contribution in [0, 0.1) is 44.4 Å². The van der Waals surface area contributed by atoms with Gasteiger partial charge in [0.15, 0.2) is 6.20 Å². The van der Waals surface area contributed by atoms with E-state index in [2.05, 4.69) is 115 Å². The summed E-state index contributed by atoms with van der Waals surface area (Å²) in [5.41, 5.74) is 10.9. The third-order valence-electron chi connectivity index (χ3n) is 8.40. The maximum absolute atomic E-state index is 2.47. The van der Waals surface area contributed by atoms with Gasteiger partial charge in [0.2, 0.25) is 5.69 Å². The molecule has 1 heteroatoms. The van der Waals surface area contributed by atoms with Crippen molar-refractivity contribution in [2.75, 3.05) is 0 Å². The van der Waals surface area contributed by atoms with Crippen LogP contribution in [0.3, 0.4) is 0 Å². The van der Waals surface area contributed by atoms with Crippen molar-refractivity contribution in [3.8, 4) is 22.4 Å². The van der Waals surface area contributed by atoms with Crippen LogP contribution in [0.2, 0.25) is 0 Å². The number of nitrogens with zero attached hydrogens (tertiary/aromatic N) is 1. The van der Waals surface area contributed by atoms with Gasteiger partial charge in [0.1, 0.15) is 7.05 Å². The van der Waals surface area contributed by atoms with Crippen LogP contribution in [0.15, 0.2) is 54.7 Å². The first-order valence-electron chi connectivity index (χ1n) is 11.9. The monoisotopic (exact) mass is 412 g/mol. The average molecular weight is 413 g/mol. The van der Waals surface area contributed by atoms with E-state index in [0.29, 0.717) is 5.92 Å². The van der Waals surface area contributed by atoms with Crippen LogP contribution in [-0.4, -0.2) is 0 Å². The Morgan fingerprint density at radius 2 is 1.26 bits per heavy atom. The lowest BCUT2D eigenvalue weighted by Gasteiger charge is -2.24. The molecular weight excluding hydrogens is 374 g/mol. The summed E-state index contributed by atoms with van der Waals surface area (Å²) in [6, 6.07) is 18.1. The van der Waals surface area contributed by atoms with E-state index in [1.807, 2.05) is 0 Å². The van der Waals surface area contributed by atoms with E-state index in [-0.39, 0.29) is 0 Å². The van der Waals surface area contributed by atoms with Crippen LogP contribution in [-0.2, 0) is 7.05 Å². The molecule has 0 amide bonds. The van der Waals surface area contributed by atoms with Crippen LogP contribution in [0.1, 0.15) is 55.9 Å². The van der Waals surface area contributed by atoms with E-state index in [4.69, 9.17) is 0 Å². The molecule has 1 saturated carbocycles. The standard InChI is InChI=1S/C30H38N/c1-18-11-9-10-12-27(18)28-14-13-25(17-31(28)8)29-19(2)15-26(16-20(29)3)30-23(6)21(4)22(5)24(30)7/h9-17,21-24,30H,1-8H3/q+1. The summed E-state index contributed by atoms with van der Waals surface area (Å²) in [7, 11) is 2.16. The molecule has 1 aliphatic rings. The molecule has 0 spiro atoms. The van der Waals surface area contributed by atoms with E-state index >= 15 is 0 Å². The highest BCUT2D eigenvalue weighted by Gasteiger charge is 2.42. The summed E-state index contributed by atoms with van der Waals surface area (Å²) in [5.74, 6) is 3.71. The third-order valence-corrected chi connectivity index (χ3v) is 8.40. The Bertz CT molecular complexity index is 1070. The van der Waals surface area contributed by atoms with Crippen molar-refractivity contribution in [3.05, 3.63) is 77.0 Å². The molecule has 1 aliphatic carbocycles. The van der Waals surface area contributed by atoms with E-state index < -0.39 is 0 Å². The molecule has 2 aromatic carbocycles. The van der Waals surface area contributed by atoms with Crippen molar-refractivity contribution in [1.29, 1.82) is 0 Å². The summed E-state index contributed by atoms with van der Waals surface area (Å²) in [5, 5.41) is 0. The van der Waals surface area contributed by atoms with Crippen molar-refractivity contribution in [3.63, 3.8) is 0 Å². The molecule has 31 heavy (non-hydrogen) atoms. The topological polar surface area (TPSA) is 3.88 Å². The molecule has 0 bridgehead atoms. The van der Waals surface area contributed by atoms with Crippen LogP contribution in [0.5, 0.6) is 0 Å². The molecule has 1 fully saturated rings. The maximum atomic E-state index is 2.47. The predicted molar refractivity (Wildman–Crippen MR) is 132 cm³/mol. The van der Waals surface area contributed by atoms with Gasteiger partial charge in [-0.1, -0.05) is 58.0 Å². The van der Waals surface area contributed by atoms with E-state index in [1.54, 1.807) is 0 Å². The van der Waals surface area contributed by atoms with Crippen LogP contribution >= 0.6 is 0 Å². The fourth-order valence-corrected chi connectivity index (χ4v) is 6.24. The zero-order chi connectivity index (χ0) is 22.4. The SMILES string of the molecule is Cc1ccccc1-c1ccc(-c2c(C)cc(C3C(C)C(C)C(C)C3C)cc2C)c[n+]1C. The average Bonchev–Trinajstić information content (AvgIpc) is 2.91. The van der Waals surface area contributed by atoms with Crippen LogP contribution < -0.4 is 4.57 Å². The van der Waals surface area contributed by atoms with Crippen LogP contribution in [0.4, 0.5) is 0 Å². The fraction of sp³-hybridized carbons (Fsp3) is 0.433. The molecule has 4 unspecified atom stereocenters. The Morgan fingerprint density at radius 3 is 1.81 bits per heavy atom. The molecule has 1 nitrogen and oxygen atoms in total. The second-order valence-electron chi connectivity index (χ2n) is 10.2. The lowest BCUT2D eigenvalue weighted by Crippen LogP contribution is -2.31. The molecule has 0 saturated heterocycles. The lowest BCUT2D eigenvalue weighted by molar-refractivity contribution is -0.659. The Hall–Kier alpha value is -2.41. The van der Waals surface area contributed by atoms with E-state index in [1.165, 1.54) is 44.6 Å². The lowest BCUT2D eigenvalue weighted by atomic mass is 9.80. The van der Waals surface area contributed by atoms with Crippen molar-refractivity contribution in [1.82, 2.24) is 0 Å². The van der Waals surface area contributed by atoms with Gasteiger partial charge in [-0.25, -0.2) is 4.57 Å². The van der Waals surface area contributed by atoms with Gasteiger partial charge in [-0.05, 0) is 90.3 Å². The molecule has 162 valence electrons. The third kappa shape index (κ3) is 3.73. The number of aromatic nitrogens is 1. The van der Waals surface area contributed by atoms with Gasteiger partial charge in [-0.2, -0.15) is 0 Å². The van der Waals surface area contributed by atoms with Crippen molar-refractivity contribution < 1.29 is 4.57 Å². The first kappa shape index (κ1) is 21.8. The molecule has 4 atom stereocenters. The summed E-state index contributed by atoms with van der Waals surface area (Å²) in [6.45, 7) is 16.6. The second kappa shape index (κ2) is 8.26. The number of aryl methyl sites for hydroxylation is 4. The fourth-order valence-electron chi connectivity index (χ4n) is 6.24. The highest BCUT2D eigenvalue weighted by Crippen LogP contribution is 2.51. The normalized spacial score (nSPS) is 25.7. The number of pyridine rings is 1. The quantitative estimate of drug-likeness (QED) is 0.394. The van der Waals surface area contributed by atoms with Gasteiger partial charge >= 0.3 is 0 Å². The van der Waals surface area contributed by atoms with E-state index in [0.717, 1.165) is 23.7 Å². The Balaban J connectivity index is 1.73. The zero-order valence-electron chi connectivity index (χ0n) is 20.5. The molecule has 1 aromatic heterocycles. The van der Waals surface area contributed by atoms with Crippen molar-refractivity contribution in [2.24, 2.45) is 30.7 Å². The molecule has 4 rings (SSSR count). The minimum atomic E-state index is 0.663. The molecule has 1 heterocycles. The highest BCUT2D eigenvalue weighted by atomic mass is 14.9. The summed E-state index contributed by atoms with van der Waals surface area (Å²) < 4.78 is 2.27. The zero-order valence-corrected chi connectivity index (χ0v) is 20.5. The second-order valence-corrected chi connectivity index (χ2v) is 10.2. The van der Waals surface area contributed by atoms with Gasteiger partial charge in [0.05, 0.1) is 0 Å². The number of hydrogen-bond donors (Lipinski definition) is 0. The van der Waals surface area contributed by atoms with Gasteiger partial charge in [0, 0.05) is 17.2 Å². The summed E-state index contributed by atoms with van der Waals surface area (Å²) in [4.78, 5) is 0. The largest absolute Gasteiger partial charge is 0.212 e. The van der Waals surface area contributed by atoms with Gasteiger partial charge in [-0.3, -0.25) is 0 Å². The van der Waals surface area contributed by atoms with Crippen LogP contribution in [0.25, 0.3) is 22.4 Å². The maximum Gasteiger partial charge on any atom is 0.212 e. The molecule has 0 N–H and O–H groups in total. The van der Waals surface area contributed by atoms with Gasteiger partial charge in [0.25, 0.3) is 0 Å². The van der Waals surface area contributed by atoms with Gasteiger partial charge in [-0.15, -0.1) is 0 Å². The molecular formula is C30H38N+. The Morgan fingerprint density at radius 1 is 0.677 bits per heavy atom. The van der Waals surface area contributed by atoms with Crippen molar-refractivity contribution in [2.45, 2.75) is 54.4 Å². The van der Waals surface area contributed by atoms with Crippen molar-refractivity contribution >= 4 is 0 Å². The minimum absolute atomic E-state index is 0.663. The Kier molecular flexibility index (Phi) is 5.81. The smallest absolute Gasteiger partial charge is 0.200 e. The van der Waals surface area contributed by atoms with E-state index in [9.17, 15) is 0 Å². The number of benzene rings is 2. The highest BCUT2D eigenvalue weighted by molar-refractivity contribution is 5.72. The van der Waals surface area contributed by atoms with Gasteiger partial charge < -0.3 is 0 Å². The molecule has 0 radical (unpaired) electrons. The summed E-state index contributed by atoms with van der Waals surface area (Å²) >= 11 is 0. The first-order valence-corrected chi connectivity index (χ1v) is 11.9. The molecule has 3 aromatic rings.